The van der Waals surface area contributed by atoms with E-state index in [1.165, 1.54) is 0 Å². The second kappa shape index (κ2) is 8.82. The zero-order valence-electron chi connectivity index (χ0n) is 15.9. The van der Waals surface area contributed by atoms with Gasteiger partial charge in [-0.3, -0.25) is 14.5 Å². The molecule has 4 rings (SSSR count). The van der Waals surface area contributed by atoms with Crippen molar-refractivity contribution < 1.29 is 19.1 Å². The number of nitrogens with one attached hydrogen (secondary N) is 1. The van der Waals surface area contributed by atoms with Gasteiger partial charge in [-0.25, -0.2) is 0 Å². The lowest BCUT2D eigenvalue weighted by atomic mass is 10.1. The number of hydrogen-bond acceptors (Lipinski definition) is 5. The Bertz CT molecular complexity index is 897. The van der Waals surface area contributed by atoms with Crippen LogP contribution in [0.5, 0.6) is 5.75 Å². The van der Waals surface area contributed by atoms with Crippen LogP contribution < -0.4 is 15.0 Å². The Morgan fingerprint density at radius 3 is 2.59 bits per heavy atom. The van der Waals surface area contributed by atoms with Crippen molar-refractivity contribution in [2.45, 2.75) is 0 Å². The summed E-state index contributed by atoms with van der Waals surface area (Å²) in [4.78, 5) is 29.0. The second-order valence-electron chi connectivity index (χ2n) is 6.93. The molecule has 29 heavy (non-hydrogen) atoms. The van der Waals surface area contributed by atoms with Crippen molar-refractivity contribution in [1.29, 1.82) is 0 Å². The first-order valence-electron chi connectivity index (χ1n) is 9.54. The molecule has 1 N–H and O–H groups in total. The van der Waals surface area contributed by atoms with E-state index in [0.29, 0.717) is 47.5 Å². The van der Waals surface area contributed by atoms with Crippen LogP contribution in [0.3, 0.4) is 0 Å². The highest BCUT2D eigenvalue weighted by Gasteiger charge is 2.26. The van der Waals surface area contributed by atoms with Gasteiger partial charge in [0.2, 0.25) is 0 Å². The summed E-state index contributed by atoms with van der Waals surface area (Å²) in [7, 11) is 0. The van der Waals surface area contributed by atoms with E-state index < -0.39 is 0 Å². The van der Waals surface area contributed by atoms with Gasteiger partial charge in [-0.15, -0.1) is 0 Å². The third-order valence-electron chi connectivity index (χ3n) is 5.01. The van der Waals surface area contributed by atoms with Crippen molar-refractivity contribution in [3.8, 4) is 5.75 Å². The van der Waals surface area contributed by atoms with Gasteiger partial charge >= 0.3 is 0 Å². The molecule has 0 atom stereocenters. The number of carbonyl (C=O) groups is 2. The molecule has 1 fully saturated rings. The van der Waals surface area contributed by atoms with Gasteiger partial charge in [-0.2, -0.15) is 0 Å². The van der Waals surface area contributed by atoms with E-state index in [1.807, 2.05) is 0 Å². The monoisotopic (exact) mass is 415 g/mol. The number of morpholine rings is 1. The number of fused-ring (bicyclic) bond motifs is 1. The maximum atomic E-state index is 12.5. The minimum atomic E-state index is -0.246. The molecular formula is C21H22ClN3O4. The molecule has 2 aliphatic rings. The standard InChI is InChI=1S/C21H22ClN3O4/c22-16-3-1-15(2-4-16)21(27)23-17-5-6-19-18(13-17)25(20(26)14-29-19)8-7-24-9-11-28-12-10-24/h1-6,13H,7-12,14H2,(H,23,27). The lowest BCUT2D eigenvalue weighted by Crippen LogP contribution is -2.45. The average molecular weight is 416 g/mol. The third kappa shape index (κ3) is 4.70. The fourth-order valence-electron chi connectivity index (χ4n) is 3.40. The zero-order valence-corrected chi connectivity index (χ0v) is 16.7. The summed E-state index contributed by atoms with van der Waals surface area (Å²) in [6.07, 6.45) is 0. The molecule has 152 valence electrons. The van der Waals surface area contributed by atoms with Crippen molar-refractivity contribution >= 4 is 34.8 Å². The summed E-state index contributed by atoms with van der Waals surface area (Å²) in [5.41, 5.74) is 1.77. The van der Waals surface area contributed by atoms with Crippen LogP contribution in [-0.2, 0) is 9.53 Å². The van der Waals surface area contributed by atoms with Gasteiger partial charge in [-0.1, -0.05) is 11.6 Å². The highest BCUT2D eigenvalue weighted by molar-refractivity contribution is 6.30. The number of halogens is 1. The molecule has 0 aliphatic carbocycles. The van der Waals surface area contributed by atoms with Crippen LogP contribution in [0.1, 0.15) is 10.4 Å². The Balaban J connectivity index is 1.49. The summed E-state index contributed by atoms with van der Waals surface area (Å²) >= 11 is 5.88. The number of hydrogen-bond donors (Lipinski definition) is 1. The largest absolute Gasteiger partial charge is 0.482 e. The van der Waals surface area contributed by atoms with Gasteiger partial charge in [0.15, 0.2) is 6.61 Å². The molecule has 1 saturated heterocycles. The SMILES string of the molecule is O=C(Nc1ccc2c(c1)N(CCN1CCOCC1)C(=O)CO2)c1ccc(Cl)cc1. The number of nitrogens with zero attached hydrogens (tertiary/aromatic N) is 2. The van der Waals surface area contributed by atoms with Crippen LogP contribution in [0, 0.1) is 0 Å². The molecule has 0 spiro atoms. The lowest BCUT2D eigenvalue weighted by molar-refractivity contribution is -0.121. The van der Waals surface area contributed by atoms with Crippen LogP contribution in [0.2, 0.25) is 5.02 Å². The number of amides is 2. The van der Waals surface area contributed by atoms with E-state index in [-0.39, 0.29) is 18.4 Å². The first kappa shape index (κ1) is 19.7. The molecule has 2 aromatic rings. The summed E-state index contributed by atoms with van der Waals surface area (Å²) in [5.74, 6) is 0.299. The van der Waals surface area contributed by atoms with E-state index in [9.17, 15) is 9.59 Å². The summed E-state index contributed by atoms with van der Waals surface area (Å²) in [6, 6.07) is 12.0. The third-order valence-corrected chi connectivity index (χ3v) is 5.26. The fourth-order valence-corrected chi connectivity index (χ4v) is 3.52. The Morgan fingerprint density at radius 2 is 1.83 bits per heavy atom. The van der Waals surface area contributed by atoms with Crippen LogP contribution in [0.25, 0.3) is 0 Å². The predicted octanol–water partition coefficient (Wildman–Crippen LogP) is 2.65. The van der Waals surface area contributed by atoms with Crippen molar-refractivity contribution in [2.75, 3.05) is 56.2 Å². The quantitative estimate of drug-likeness (QED) is 0.812. The minimum absolute atomic E-state index is 0.0204. The van der Waals surface area contributed by atoms with Crippen molar-refractivity contribution in [2.24, 2.45) is 0 Å². The normalized spacial score (nSPS) is 16.9. The minimum Gasteiger partial charge on any atom is -0.482 e. The van der Waals surface area contributed by atoms with Crippen molar-refractivity contribution in [3.05, 3.63) is 53.1 Å². The van der Waals surface area contributed by atoms with Crippen molar-refractivity contribution in [3.63, 3.8) is 0 Å². The Hall–Kier alpha value is -2.61. The van der Waals surface area contributed by atoms with Gasteiger partial charge in [0.1, 0.15) is 5.75 Å². The molecular weight excluding hydrogens is 394 g/mol. The van der Waals surface area contributed by atoms with Crippen LogP contribution in [-0.4, -0.2) is 62.7 Å². The molecule has 0 unspecified atom stereocenters. The van der Waals surface area contributed by atoms with Gasteiger partial charge in [0, 0.05) is 42.5 Å². The highest BCUT2D eigenvalue weighted by atomic mass is 35.5. The summed E-state index contributed by atoms with van der Waals surface area (Å²) in [5, 5.41) is 3.44. The lowest BCUT2D eigenvalue weighted by Gasteiger charge is -2.33. The zero-order chi connectivity index (χ0) is 20.2. The van der Waals surface area contributed by atoms with Gasteiger partial charge in [0.05, 0.1) is 18.9 Å². The Labute approximate surface area is 174 Å². The molecule has 0 saturated carbocycles. The first-order valence-corrected chi connectivity index (χ1v) is 9.92. The molecule has 0 bridgehead atoms. The van der Waals surface area contributed by atoms with E-state index in [2.05, 4.69) is 10.2 Å². The van der Waals surface area contributed by atoms with E-state index in [0.717, 1.165) is 19.6 Å². The molecule has 8 heteroatoms. The van der Waals surface area contributed by atoms with E-state index >= 15 is 0 Å². The smallest absolute Gasteiger partial charge is 0.265 e. The molecule has 0 aromatic heterocycles. The second-order valence-corrected chi connectivity index (χ2v) is 7.37. The molecule has 2 aliphatic heterocycles. The van der Waals surface area contributed by atoms with Crippen LogP contribution >= 0.6 is 11.6 Å². The maximum Gasteiger partial charge on any atom is 0.265 e. The predicted molar refractivity (Wildman–Crippen MR) is 111 cm³/mol. The van der Waals surface area contributed by atoms with Crippen molar-refractivity contribution in [1.82, 2.24) is 4.90 Å². The van der Waals surface area contributed by atoms with Gasteiger partial charge in [-0.05, 0) is 42.5 Å². The Morgan fingerprint density at radius 1 is 1.07 bits per heavy atom. The van der Waals surface area contributed by atoms with E-state index in [4.69, 9.17) is 21.1 Å². The van der Waals surface area contributed by atoms with E-state index in [1.54, 1.807) is 47.4 Å². The first-order chi connectivity index (χ1) is 14.1. The number of carbonyl (C=O) groups excluding carboxylic acids is 2. The highest BCUT2D eigenvalue weighted by Crippen LogP contribution is 2.34. The number of rotatable bonds is 5. The molecule has 2 amide bonds. The number of anilines is 2. The Kier molecular flexibility index (Phi) is 5.99. The number of ether oxygens (including phenoxy) is 2. The maximum absolute atomic E-state index is 12.5. The molecule has 2 heterocycles. The molecule has 7 nitrogen and oxygen atoms in total. The number of benzene rings is 2. The van der Waals surface area contributed by atoms with Crippen LogP contribution in [0.4, 0.5) is 11.4 Å². The summed E-state index contributed by atoms with van der Waals surface area (Å²) < 4.78 is 10.9. The van der Waals surface area contributed by atoms with Crippen LogP contribution in [0.15, 0.2) is 42.5 Å². The van der Waals surface area contributed by atoms with Gasteiger partial charge < -0.3 is 19.7 Å². The fraction of sp³-hybridized carbons (Fsp3) is 0.333. The molecule has 2 aromatic carbocycles. The average Bonchev–Trinajstić information content (AvgIpc) is 2.74. The summed E-state index contributed by atoms with van der Waals surface area (Å²) in [6.45, 7) is 4.50. The van der Waals surface area contributed by atoms with Gasteiger partial charge in [0.25, 0.3) is 11.8 Å². The molecule has 0 radical (unpaired) electrons. The topological polar surface area (TPSA) is 71.1 Å².